The number of carbonyl (C=O) groups excluding carboxylic acids is 1. The maximum Gasteiger partial charge on any atom is 0.220 e. The average molecular weight is 305 g/mol. The Balaban J connectivity index is 1.85. The fraction of sp³-hybridized carbons (Fsp3) is 0.611. The molecule has 2 atom stereocenters. The van der Waals surface area contributed by atoms with Gasteiger partial charge >= 0.3 is 0 Å². The lowest BCUT2D eigenvalue weighted by Crippen LogP contribution is -2.41. The van der Waals surface area contributed by atoms with Crippen LogP contribution in [0.1, 0.15) is 44.6 Å². The molecule has 122 valence electrons. The van der Waals surface area contributed by atoms with Crippen molar-refractivity contribution >= 4 is 5.91 Å². The molecule has 0 aliphatic heterocycles. The fourth-order valence-electron chi connectivity index (χ4n) is 3.10. The smallest absolute Gasteiger partial charge is 0.220 e. The van der Waals surface area contributed by atoms with E-state index in [1.165, 1.54) is 19.3 Å². The third-order valence-electron chi connectivity index (χ3n) is 4.55. The van der Waals surface area contributed by atoms with Crippen LogP contribution >= 0.6 is 0 Å². The second kappa shape index (κ2) is 8.06. The quantitative estimate of drug-likeness (QED) is 0.877. The summed E-state index contributed by atoms with van der Waals surface area (Å²) in [5.74, 6) is 2.17. The van der Waals surface area contributed by atoms with Crippen LogP contribution in [0.4, 0.5) is 0 Å². The van der Waals surface area contributed by atoms with Crippen LogP contribution in [0.25, 0.3) is 0 Å². The summed E-state index contributed by atoms with van der Waals surface area (Å²) in [6.45, 7) is 2.23. The molecule has 0 heterocycles. The SMILES string of the molecule is COc1ccc(CCC(=O)NC2CCCCC2C)cc1OC. The summed E-state index contributed by atoms with van der Waals surface area (Å²) in [5, 5.41) is 3.20. The molecule has 1 aliphatic carbocycles. The van der Waals surface area contributed by atoms with Gasteiger partial charge in [0, 0.05) is 12.5 Å². The fourth-order valence-corrected chi connectivity index (χ4v) is 3.10. The molecule has 2 unspecified atom stereocenters. The number of benzene rings is 1. The maximum absolute atomic E-state index is 12.1. The number of ether oxygens (including phenoxy) is 2. The van der Waals surface area contributed by atoms with Crippen LogP contribution in [0.3, 0.4) is 0 Å². The van der Waals surface area contributed by atoms with Crippen molar-refractivity contribution in [1.29, 1.82) is 0 Å². The predicted octanol–water partition coefficient (Wildman–Crippen LogP) is 3.33. The van der Waals surface area contributed by atoms with Gasteiger partial charge in [0.05, 0.1) is 14.2 Å². The maximum atomic E-state index is 12.1. The molecule has 22 heavy (non-hydrogen) atoms. The Hall–Kier alpha value is -1.71. The molecule has 1 aromatic rings. The summed E-state index contributed by atoms with van der Waals surface area (Å²) in [5.41, 5.74) is 1.09. The van der Waals surface area contributed by atoms with Gasteiger partial charge in [-0.15, -0.1) is 0 Å². The lowest BCUT2D eigenvalue weighted by atomic mass is 9.86. The molecule has 0 aromatic heterocycles. The molecule has 1 aliphatic rings. The topological polar surface area (TPSA) is 47.6 Å². The Bertz CT molecular complexity index is 501. The van der Waals surface area contributed by atoms with Crippen LogP contribution in [0.15, 0.2) is 18.2 Å². The molecule has 0 radical (unpaired) electrons. The van der Waals surface area contributed by atoms with E-state index in [0.717, 1.165) is 12.0 Å². The molecule has 1 amide bonds. The first-order chi connectivity index (χ1) is 10.6. The van der Waals surface area contributed by atoms with E-state index in [0.29, 0.717) is 36.3 Å². The van der Waals surface area contributed by atoms with Crippen molar-refractivity contribution < 1.29 is 14.3 Å². The molecule has 1 saturated carbocycles. The summed E-state index contributed by atoms with van der Waals surface area (Å²) < 4.78 is 10.5. The zero-order valence-corrected chi connectivity index (χ0v) is 13.9. The second-order valence-electron chi connectivity index (χ2n) is 6.13. The molecule has 0 saturated heterocycles. The van der Waals surface area contributed by atoms with E-state index >= 15 is 0 Å². The van der Waals surface area contributed by atoms with Crippen LogP contribution in [0.5, 0.6) is 11.5 Å². The number of aryl methyl sites for hydroxylation is 1. The van der Waals surface area contributed by atoms with Crippen LogP contribution in [0.2, 0.25) is 0 Å². The number of amides is 1. The highest BCUT2D eigenvalue weighted by Gasteiger charge is 2.22. The lowest BCUT2D eigenvalue weighted by molar-refractivity contribution is -0.122. The number of hydrogen-bond acceptors (Lipinski definition) is 3. The number of nitrogens with one attached hydrogen (secondary N) is 1. The third-order valence-corrected chi connectivity index (χ3v) is 4.55. The molecule has 1 N–H and O–H groups in total. The molecule has 4 nitrogen and oxygen atoms in total. The van der Waals surface area contributed by atoms with Gasteiger partial charge in [-0.25, -0.2) is 0 Å². The summed E-state index contributed by atoms with van der Waals surface area (Å²) in [4.78, 5) is 12.1. The van der Waals surface area contributed by atoms with Crippen LogP contribution in [-0.4, -0.2) is 26.2 Å². The highest BCUT2D eigenvalue weighted by Crippen LogP contribution is 2.28. The molecule has 2 rings (SSSR count). The highest BCUT2D eigenvalue weighted by molar-refractivity contribution is 5.76. The summed E-state index contributed by atoms with van der Waals surface area (Å²) in [6.07, 6.45) is 6.08. The van der Waals surface area contributed by atoms with Crippen molar-refractivity contribution in [2.45, 2.75) is 51.5 Å². The first-order valence-corrected chi connectivity index (χ1v) is 8.14. The molecule has 0 spiro atoms. The van der Waals surface area contributed by atoms with E-state index in [1.54, 1.807) is 14.2 Å². The molecule has 1 aromatic carbocycles. The molecule has 4 heteroatoms. The standard InChI is InChI=1S/C18H27NO3/c1-13-6-4-5-7-15(13)19-18(20)11-9-14-8-10-16(21-2)17(12-14)22-3/h8,10,12-13,15H,4-7,9,11H2,1-3H3,(H,19,20). The Labute approximate surface area is 133 Å². The van der Waals surface area contributed by atoms with E-state index in [4.69, 9.17) is 9.47 Å². The zero-order valence-electron chi connectivity index (χ0n) is 13.9. The Morgan fingerprint density at radius 1 is 1.18 bits per heavy atom. The van der Waals surface area contributed by atoms with Crippen LogP contribution < -0.4 is 14.8 Å². The van der Waals surface area contributed by atoms with Gasteiger partial charge in [0.2, 0.25) is 5.91 Å². The van der Waals surface area contributed by atoms with Crippen molar-refractivity contribution in [3.63, 3.8) is 0 Å². The summed E-state index contributed by atoms with van der Waals surface area (Å²) in [7, 11) is 3.25. The van der Waals surface area contributed by atoms with E-state index in [9.17, 15) is 4.79 Å². The Kier molecular flexibility index (Phi) is 6.10. The number of hydrogen-bond donors (Lipinski definition) is 1. The van der Waals surface area contributed by atoms with Crippen molar-refractivity contribution in [1.82, 2.24) is 5.32 Å². The van der Waals surface area contributed by atoms with Gasteiger partial charge in [0.15, 0.2) is 11.5 Å². The summed E-state index contributed by atoms with van der Waals surface area (Å²) in [6, 6.07) is 6.16. The van der Waals surface area contributed by atoms with E-state index in [-0.39, 0.29) is 5.91 Å². The van der Waals surface area contributed by atoms with Crippen molar-refractivity contribution in [3.8, 4) is 11.5 Å². The Morgan fingerprint density at radius 2 is 1.91 bits per heavy atom. The minimum Gasteiger partial charge on any atom is -0.493 e. The van der Waals surface area contributed by atoms with E-state index in [2.05, 4.69) is 12.2 Å². The van der Waals surface area contributed by atoms with Crippen LogP contribution in [0, 0.1) is 5.92 Å². The number of rotatable bonds is 6. The van der Waals surface area contributed by atoms with Gasteiger partial charge < -0.3 is 14.8 Å². The first kappa shape index (κ1) is 16.7. The highest BCUT2D eigenvalue weighted by atomic mass is 16.5. The van der Waals surface area contributed by atoms with Gasteiger partial charge in [-0.05, 0) is 42.9 Å². The largest absolute Gasteiger partial charge is 0.493 e. The van der Waals surface area contributed by atoms with Crippen molar-refractivity contribution in [2.75, 3.05) is 14.2 Å². The van der Waals surface area contributed by atoms with Crippen molar-refractivity contribution in [3.05, 3.63) is 23.8 Å². The summed E-state index contributed by atoms with van der Waals surface area (Å²) >= 11 is 0. The minimum atomic E-state index is 0.147. The van der Waals surface area contributed by atoms with E-state index < -0.39 is 0 Å². The first-order valence-electron chi connectivity index (χ1n) is 8.14. The molecular formula is C18H27NO3. The van der Waals surface area contributed by atoms with E-state index in [1.807, 2.05) is 18.2 Å². The number of methoxy groups -OCH3 is 2. The van der Waals surface area contributed by atoms with Crippen molar-refractivity contribution in [2.24, 2.45) is 5.92 Å². The Morgan fingerprint density at radius 3 is 2.59 bits per heavy atom. The molecule has 0 bridgehead atoms. The average Bonchev–Trinajstić information content (AvgIpc) is 2.54. The zero-order chi connectivity index (χ0) is 15.9. The minimum absolute atomic E-state index is 0.147. The van der Waals surface area contributed by atoms with Crippen LogP contribution in [-0.2, 0) is 11.2 Å². The lowest BCUT2D eigenvalue weighted by Gasteiger charge is -2.29. The normalized spacial score (nSPS) is 21.2. The molecule has 1 fully saturated rings. The predicted molar refractivity (Wildman–Crippen MR) is 87.4 cm³/mol. The monoisotopic (exact) mass is 305 g/mol. The molecular weight excluding hydrogens is 278 g/mol. The van der Waals surface area contributed by atoms with Gasteiger partial charge in [-0.3, -0.25) is 4.79 Å². The third kappa shape index (κ3) is 4.39. The van der Waals surface area contributed by atoms with Gasteiger partial charge in [0.25, 0.3) is 0 Å². The second-order valence-corrected chi connectivity index (χ2v) is 6.13. The van der Waals surface area contributed by atoms with Gasteiger partial charge in [-0.1, -0.05) is 25.8 Å². The van der Waals surface area contributed by atoms with Gasteiger partial charge in [-0.2, -0.15) is 0 Å². The number of carbonyl (C=O) groups is 1. The van der Waals surface area contributed by atoms with Gasteiger partial charge in [0.1, 0.15) is 0 Å².